The number of aromatic carboxylic acids is 1. The van der Waals surface area contributed by atoms with Gasteiger partial charge in [-0.25, -0.2) is 9.18 Å². The highest BCUT2D eigenvalue weighted by Gasteiger charge is 2.33. The van der Waals surface area contributed by atoms with Crippen molar-refractivity contribution >= 4 is 11.7 Å². The molecule has 0 aliphatic heterocycles. The quantitative estimate of drug-likeness (QED) is 0.611. The van der Waals surface area contributed by atoms with Crippen LogP contribution in [-0.4, -0.2) is 17.4 Å². The summed E-state index contributed by atoms with van der Waals surface area (Å²) in [7, 11) is 0. The number of carboxylic acids is 1. The normalized spacial score (nSPS) is 11.2. The van der Waals surface area contributed by atoms with Gasteiger partial charge in [0.2, 0.25) is 0 Å². The zero-order chi connectivity index (χ0) is 12.5. The van der Waals surface area contributed by atoms with Crippen LogP contribution in [0.25, 0.3) is 0 Å². The minimum atomic E-state index is -5.07. The smallest absolute Gasteiger partial charge is 0.478 e. The molecule has 1 aromatic rings. The molecule has 3 N–H and O–H groups in total. The second kappa shape index (κ2) is 3.87. The van der Waals surface area contributed by atoms with Crippen LogP contribution in [0, 0.1) is 5.82 Å². The van der Waals surface area contributed by atoms with Crippen LogP contribution >= 0.6 is 0 Å². The molecule has 0 saturated heterocycles. The second-order valence-corrected chi connectivity index (χ2v) is 2.72. The van der Waals surface area contributed by atoms with E-state index in [4.69, 9.17) is 10.8 Å². The van der Waals surface area contributed by atoms with Crippen LogP contribution < -0.4 is 10.5 Å². The number of benzene rings is 1. The molecule has 0 radical (unpaired) electrons. The third-order valence-corrected chi connectivity index (χ3v) is 1.56. The fourth-order valence-electron chi connectivity index (χ4n) is 0.957. The number of rotatable bonds is 2. The van der Waals surface area contributed by atoms with Crippen LogP contribution in [0.3, 0.4) is 0 Å². The largest absolute Gasteiger partial charge is 0.573 e. The Kier molecular flexibility index (Phi) is 2.92. The summed E-state index contributed by atoms with van der Waals surface area (Å²) in [4.78, 5) is 10.5. The number of carboxylic acid groups (broad SMARTS) is 1. The third-order valence-electron chi connectivity index (χ3n) is 1.56. The summed E-state index contributed by atoms with van der Waals surface area (Å²) in [5, 5.41) is 8.50. The van der Waals surface area contributed by atoms with Crippen molar-refractivity contribution in [1.82, 2.24) is 0 Å². The van der Waals surface area contributed by atoms with E-state index in [-0.39, 0.29) is 0 Å². The highest BCUT2D eigenvalue weighted by molar-refractivity contribution is 5.93. The molecule has 0 aliphatic carbocycles. The molecule has 0 unspecified atom stereocenters. The summed E-state index contributed by atoms with van der Waals surface area (Å²) in [5.74, 6) is -4.17. The lowest BCUT2D eigenvalue weighted by Crippen LogP contribution is -2.18. The van der Waals surface area contributed by atoms with Crippen LogP contribution in [0.4, 0.5) is 23.2 Å². The van der Waals surface area contributed by atoms with Gasteiger partial charge in [0.15, 0.2) is 11.6 Å². The molecule has 1 aromatic carbocycles. The van der Waals surface area contributed by atoms with E-state index in [9.17, 15) is 22.4 Å². The third kappa shape index (κ3) is 2.75. The van der Waals surface area contributed by atoms with Crippen LogP contribution in [0.1, 0.15) is 10.4 Å². The molecule has 88 valence electrons. The average Bonchev–Trinajstić information content (AvgIpc) is 2.07. The first kappa shape index (κ1) is 12.1. The molecular weight excluding hydrogens is 234 g/mol. The maximum absolute atomic E-state index is 13.0. The number of alkyl halides is 3. The molecule has 0 aromatic heterocycles. The predicted molar refractivity (Wildman–Crippen MR) is 44.5 cm³/mol. The topological polar surface area (TPSA) is 72.5 Å². The van der Waals surface area contributed by atoms with Crippen molar-refractivity contribution in [3.63, 3.8) is 0 Å². The van der Waals surface area contributed by atoms with E-state index in [1.54, 1.807) is 0 Å². The molecule has 0 aliphatic rings. The molecule has 0 atom stereocenters. The standard InChI is InChI=1S/C8H5F4NO3/c9-4-1-3(7(14)15)5(13)2-6(4)16-8(10,11)12/h1-2H,13H2,(H,14,15). The summed E-state index contributed by atoms with van der Waals surface area (Å²) in [6.45, 7) is 0. The Morgan fingerprint density at radius 1 is 1.38 bits per heavy atom. The number of nitrogen functional groups attached to an aromatic ring is 1. The van der Waals surface area contributed by atoms with Gasteiger partial charge >= 0.3 is 12.3 Å². The maximum Gasteiger partial charge on any atom is 0.573 e. The van der Waals surface area contributed by atoms with Crippen LogP contribution in [0.15, 0.2) is 12.1 Å². The summed E-state index contributed by atoms with van der Waals surface area (Å²) >= 11 is 0. The molecular formula is C8H5F4NO3. The lowest BCUT2D eigenvalue weighted by molar-refractivity contribution is -0.275. The fraction of sp³-hybridized carbons (Fsp3) is 0.125. The minimum absolute atomic E-state index is 0.360. The Bertz CT molecular complexity index is 430. The average molecular weight is 239 g/mol. The highest BCUT2D eigenvalue weighted by atomic mass is 19.4. The summed E-state index contributed by atoms with van der Waals surface area (Å²) in [5.41, 5.74) is 3.96. The summed E-state index contributed by atoms with van der Waals surface area (Å²) in [6, 6.07) is 0.824. The summed E-state index contributed by atoms with van der Waals surface area (Å²) in [6.07, 6.45) is -5.07. The maximum atomic E-state index is 13.0. The number of hydrogen-bond donors (Lipinski definition) is 2. The van der Waals surface area contributed by atoms with Gasteiger partial charge in [0.25, 0.3) is 0 Å². The van der Waals surface area contributed by atoms with Gasteiger partial charge in [0, 0.05) is 6.07 Å². The van der Waals surface area contributed by atoms with Gasteiger partial charge in [-0.05, 0) is 6.07 Å². The van der Waals surface area contributed by atoms with Crippen molar-refractivity contribution in [3.8, 4) is 5.75 Å². The van der Waals surface area contributed by atoms with E-state index in [1.807, 2.05) is 0 Å². The second-order valence-electron chi connectivity index (χ2n) is 2.72. The zero-order valence-electron chi connectivity index (χ0n) is 7.51. The molecule has 0 bridgehead atoms. The van der Waals surface area contributed by atoms with Crippen molar-refractivity contribution < 1.29 is 32.2 Å². The first-order chi connectivity index (χ1) is 7.20. The van der Waals surface area contributed by atoms with E-state index < -0.39 is 35.1 Å². The molecule has 0 amide bonds. The first-order valence-corrected chi connectivity index (χ1v) is 3.79. The molecule has 0 heterocycles. The van der Waals surface area contributed by atoms with Gasteiger partial charge in [0.1, 0.15) is 0 Å². The number of hydrogen-bond acceptors (Lipinski definition) is 3. The number of nitrogens with two attached hydrogens (primary N) is 1. The van der Waals surface area contributed by atoms with Gasteiger partial charge in [-0.2, -0.15) is 0 Å². The highest BCUT2D eigenvalue weighted by Crippen LogP contribution is 2.29. The van der Waals surface area contributed by atoms with Gasteiger partial charge < -0.3 is 15.6 Å². The minimum Gasteiger partial charge on any atom is -0.478 e. The van der Waals surface area contributed by atoms with Crippen molar-refractivity contribution in [2.24, 2.45) is 0 Å². The van der Waals surface area contributed by atoms with Crippen molar-refractivity contribution in [2.45, 2.75) is 6.36 Å². The summed E-state index contributed by atoms with van der Waals surface area (Å²) < 4.78 is 51.6. The fourth-order valence-corrected chi connectivity index (χ4v) is 0.957. The Morgan fingerprint density at radius 3 is 2.38 bits per heavy atom. The number of ether oxygens (including phenoxy) is 1. The molecule has 1 rings (SSSR count). The Morgan fingerprint density at radius 2 is 1.94 bits per heavy atom. The van der Waals surface area contributed by atoms with Crippen molar-refractivity contribution in [3.05, 3.63) is 23.5 Å². The molecule has 8 heteroatoms. The number of anilines is 1. The monoisotopic (exact) mass is 239 g/mol. The lowest BCUT2D eigenvalue weighted by Gasteiger charge is -2.11. The van der Waals surface area contributed by atoms with E-state index in [1.165, 1.54) is 0 Å². The van der Waals surface area contributed by atoms with Crippen LogP contribution in [-0.2, 0) is 0 Å². The van der Waals surface area contributed by atoms with Gasteiger partial charge in [-0.3, -0.25) is 0 Å². The molecule has 16 heavy (non-hydrogen) atoms. The van der Waals surface area contributed by atoms with E-state index in [0.29, 0.717) is 12.1 Å². The first-order valence-electron chi connectivity index (χ1n) is 3.79. The Balaban J connectivity index is 3.16. The van der Waals surface area contributed by atoms with E-state index in [2.05, 4.69) is 4.74 Å². The van der Waals surface area contributed by atoms with Crippen LogP contribution in [0.5, 0.6) is 5.75 Å². The molecule has 0 spiro atoms. The van der Waals surface area contributed by atoms with E-state index >= 15 is 0 Å². The van der Waals surface area contributed by atoms with Crippen molar-refractivity contribution in [1.29, 1.82) is 0 Å². The van der Waals surface area contributed by atoms with Gasteiger partial charge in [0.05, 0.1) is 11.3 Å². The Hall–Kier alpha value is -1.99. The van der Waals surface area contributed by atoms with Crippen LogP contribution in [0.2, 0.25) is 0 Å². The van der Waals surface area contributed by atoms with Gasteiger partial charge in [-0.1, -0.05) is 0 Å². The molecule has 4 nitrogen and oxygen atoms in total. The molecule has 0 fully saturated rings. The Labute approximate surface area is 86.2 Å². The lowest BCUT2D eigenvalue weighted by atomic mass is 10.1. The zero-order valence-corrected chi connectivity index (χ0v) is 7.51. The van der Waals surface area contributed by atoms with Gasteiger partial charge in [-0.15, -0.1) is 13.2 Å². The van der Waals surface area contributed by atoms with Crippen molar-refractivity contribution in [2.75, 3.05) is 5.73 Å². The SMILES string of the molecule is Nc1cc(OC(F)(F)F)c(F)cc1C(=O)O. The molecule has 0 saturated carbocycles. The van der Waals surface area contributed by atoms with E-state index in [0.717, 1.165) is 0 Å². The number of carbonyl (C=O) groups is 1. The number of halogens is 4. The predicted octanol–water partition coefficient (Wildman–Crippen LogP) is 2.00.